The largest absolute Gasteiger partial charge is 0.329 e. The average Bonchev–Trinajstić information content (AvgIpc) is 2.49. The van der Waals surface area contributed by atoms with E-state index in [-0.39, 0.29) is 5.54 Å². The summed E-state index contributed by atoms with van der Waals surface area (Å²) in [5.74, 6) is 0. The van der Waals surface area contributed by atoms with Gasteiger partial charge in [-0.25, -0.2) is 0 Å². The van der Waals surface area contributed by atoms with Crippen molar-refractivity contribution in [2.24, 2.45) is 5.73 Å². The zero-order chi connectivity index (χ0) is 15.6. The van der Waals surface area contributed by atoms with Gasteiger partial charge >= 0.3 is 0 Å². The van der Waals surface area contributed by atoms with Gasteiger partial charge in [0.2, 0.25) is 0 Å². The first-order valence-electron chi connectivity index (χ1n) is 7.78. The second kappa shape index (κ2) is 6.66. The van der Waals surface area contributed by atoms with Crippen LogP contribution < -0.4 is 5.73 Å². The number of rotatable bonds is 4. The highest BCUT2D eigenvalue weighted by Gasteiger charge is 2.41. The van der Waals surface area contributed by atoms with Crippen LogP contribution in [0.2, 0.25) is 5.02 Å². The van der Waals surface area contributed by atoms with Crippen molar-refractivity contribution in [2.45, 2.75) is 44.3 Å². The summed E-state index contributed by atoms with van der Waals surface area (Å²) in [5, 5.41) is 0.787. The Morgan fingerprint density at radius 3 is 2.57 bits per heavy atom. The van der Waals surface area contributed by atoms with E-state index in [4.69, 9.17) is 17.3 Å². The normalized spacial score (nSPS) is 28.8. The number of likely N-dealkylation sites (tertiary alicyclic amines) is 1. The molecule has 0 bridgehead atoms. The van der Waals surface area contributed by atoms with E-state index in [1.807, 2.05) is 12.1 Å². The predicted octanol–water partition coefficient (Wildman–Crippen LogP) is 3.14. The second-order valence-corrected chi connectivity index (χ2v) is 6.99. The predicted molar refractivity (Wildman–Crippen MR) is 90.7 cm³/mol. The average molecular weight is 310 g/mol. The molecule has 1 aromatic rings. The van der Waals surface area contributed by atoms with Gasteiger partial charge in [-0.2, -0.15) is 0 Å². The topological polar surface area (TPSA) is 32.5 Å². The van der Waals surface area contributed by atoms with Gasteiger partial charge < -0.3 is 10.6 Å². The third kappa shape index (κ3) is 3.42. The molecule has 0 amide bonds. The summed E-state index contributed by atoms with van der Waals surface area (Å²) in [5.41, 5.74) is 7.59. The van der Waals surface area contributed by atoms with Crippen molar-refractivity contribution in [2.75, 3.05) is 27.2 Å². The van der Waals surface area contributed by atoms with Crippen molar-refractivity contribution in [3.8, 4) is 0 Å². The number of likely N-dealkylation sites (N-methyl/N-ethyl adjacent to an activating group) is 1. The molecule has 4 heteroatoms. The highest BCUT2D eigenvalue weighted by atomic mass is 35.5. The maximum Gasteiger partial charge on any atom is 0.0406 e. The quantitative estimate of drug-likeness (QED) is 0.927. The van der Waals surface area contributed by atoms with Gasteiger partial charge in [-0.3, -0.25) is 4.90 Å². The zero-order valence-electron chi connectivity index (χ0n) is 13.6. The fourth-order valence-electron chi connectivity index (χ4n) is 3.44. The van der Waals surface area contributed by atoms with Crippen LogP contribution in [0.25, 0.3) is 0 Å². The summed E-state index contributed by atoms with van der Waals surface area (Å²) in [4.78, 5) is 4.90. The lowest BCUT2D eigenvalue weighted by molar-refractivity contribution is 0.00479. The molecule has 3 unspecified atom stereocenters. The Bertz CT molecular complexity index is 462. The molecule has 0 aromatic heterocycles. The maximum atomic E-state index is 6.21. The molecule has 1 saturated heterocycles. The molecule has 3 nitrogen and oxygen atoms in total. The van der Waals surface area contributed by atoms with Crippen LogP contribution in [0.3, 0.4) is 0 Å². The number of nitrogens with two attached hydrogens (primary N) is 1. The van der Waals surface area contributed by atoms with E-state index in [1.54, 1.807) is 0 Å². The lowest BCUT2D eigenvalue weighted by atomic mass is 9.81. The minimum absolute atomic E-state index is 0.0883. The molecule has 0 radical (unpaired) electrons. The Kier molecular flexibility index (Phi) is 5.31. The summed E-state index contributed by atoms with van der Waals surface area (Å²) in [7, 11) is 4.41. The molecular weight excluding hydrogens is 282 g/mol. The molecule has 2 rings (SSSR count). The molecule has 0 saturated carbocycles. The van der Waals surface area contributed by atoms with E-state index in [1.165, 1.54) is 5.56 Å². The number of nitrogens with zero attached hydrogens (tertiary/aromatic N) is 2. The summed E-state index contributed by atoms with van der Waals surface area (Å²) < 4.78 is 0. The summed E-state index contributed by atoms with van der Waals surface area (Å²) >= 11 is 6.00. The summed E-state index contributed by atoms with van der Waals surface area (Å²) in [6, 6.07) is 9.07. The van der Waals surface area contributed by atoms with E-state index >= 15 is 0 Å². The van der Waals surface area contributed by atoms with Gasteiger partial charge in [-0.1, -0.05) is 23.7 Å². The van der Waals surface area contributed by atoms with Crippen LogP contribution in [0.15, 0.2) is 24.3 Å². The Hall–Kier alpha value is -0.610. The Labute approximate surface area is 134 Å². The molecule has 3 atom stereocenters. The third-order valence-corrected chi connectivity index (χ3v) is 5.67. The molecule has 0 spiro atoms. The fourth-order valence-corrected chi connectivity index (χ4v) is 3.56. The van der Waals surface area contributed by atoms with E-state index in [9.17, 15) is 0 Å². The SMILES string of the molecule is CC1CC(CN)(N(C)C(C)c2ccc(Cl)cc2)CCN1C. The van der Waals surface area contributed by atoms with Crippen LogP contribution >= 0.6 is 11.6 Å². The molecular formula is C17H28ClN3. The number of hydrogen-bond donors (Lipinski definition) is 1. The van der Waals surface area contributed by atoms with Crippen molar-refractivity contribution >= 4 is 11.6 Å². The summed E-state index contributed by atoms with van der Waals surface area (Å²) in [6.45, 7) is 6.36. The van der Waals surface area contributed by atoms with Crippen molar-refractivity contribution in [3.05, 3.63) is 34.9 Å². The first kappa shape index (κ1) is 16.8. The summed E-state index contributed by atoms with van der Waals surface area (Å²) in [6.07, 6.45) is 2.24. The molecule has 2 N–H and O–H groups in total. The molecule has 1 fully saturated rings. The van der Waals surface area contributed by atoms with Crippen molar-refractivity contribution in [1.82, 2.24) is 9.80 Å². The van der Waals surface area contributed by atoms with E-state index in [0.29, 0.717) is 18.6 Å². The Morgan fingerprint density at radius 2 is 2.05 bits per heavy atom. The monoisotopic (exact) mass is 309 g/mol. The molecule has 1 aliphatic heterocycles. The van der Waals surface area contributed by atoms with Gasteiger partial charge in [0.15, 0.2) is 0 Å². The van der Waals surface area contributed by atoms with Crippen molar-refractivity contribution in [3.63, 3.8) is 0 Å². The molecule has 21 heavy (non-hydrogen) atoms. The lowest BCUT2D eigenvalue weighted by Gasteiger charge is -2.51. The first-order chi connectivity index (χ1) is 9.89. The van der Waals surface area contributed by atoms with Gasteiger partial charge in [0.05, 0.1) is 0 Å². The van der Waals surface area contributed by atoms with Crippen molar-refractivity contribution < 1.29 is 0 Å². The maximum absolute atomic E-state index is 6.21. The molecule has 118 valence electrons. The number of halogens is 1. The molecule has 1 aromatic carbocycles. The van der Waals surface area contributed by atoms with Crippen LogP contribution in [0.4, 0.5) is 0 Å². The Balaban J connectivity index is 2.19. The smallest absolute Gasteiger partial charge is 0.0406 e. The van der Waals surface area contributed by atoms with E-state index in [0.717, 1.165) is 24.4 Å². The van der Waals surface area contributed by atoms with Gasteiger partial charge in [0.1, 0.15) is 0 Å². The number of hydrogen-bond acceptors (Lipinski definition) is 3. The van der Waals surface area contributed by atoms with Crippen LogP contribution in [0.5, 0.6) is 0 Å². The minimum Gasteiger partial charge on any atom is -0.329 e. The second-order valence-electron chi connectivity index (χ2n) is 6.55. The van der Waals surface area contributed by atoms with Gasteiger partial charge in [0.25, 0.3) is 0 Å². The first-order valence-corrected chi connectivity index (χ1v) is 8.16. The molecule has 0 aliphatic carbocycles. The molecule has 1 heterocycles. The van der Waals surface area contributed by atoms with Crippen LogP contribution in [0.1, 0.15) is 38.3 Å². The van der Waals surface area contributed by atoms with Crippen LogP contribution in [-0.2, 0) is 0 Å². The minimum atomic E-state index is 0.0883. The van der Waals surface area contributed by atoms with Crippen molar-refractivity contribution in [1.29, 1.82) is 0 Å². The van der Waals surface area contributed by atoms with E-state index < -0.39 is 0 Å². The highest BCUT2D eigenvalue weighted by molar-refractivity contribution is 6.30. The highest BCUT2D eigenvalue weighted by Crippen LogP contribution is 2.35. The number of benzene rings is 1. The van der Waals surface area contributed by atoms with Crippen LogP contribution in [-0.4, -0.2) is 48.6 Å². The van der Waals surface area contributed by atoms with Gasteiger partial charge in [-0.15, -0.1) is 0 Å². The van der Waals surface area contributed by atoms with Crippen LogP contribution in [0, 0.1) is 0 Å². The standard InChI is InChI=1S/C17H28ClN3/c1-13-11-17(12-19,9-10-20(13)3)21(4)14(2)15-5-7-16(18)8-6-15/h5-8,13-14H,9-12,19H2,1-4H3. The Morgan fingerprint density at radius 1 is 1.43 bits per heavy atom. The van der Waals surface area contributed by atoms with Gasteiger partial charge in [0, 0.05) is 29.2 Å². The van der Waals surface area contributed by atoms with E-state index in [2.05, 4.69) is 49.9 Å². The molecule has 1 aliphatic rings. The third-order valence-electron chi connectivity index (χ3n) is 5.42. The lowest BCUT2D eigenvalue weighted by Crippen LogP contribution is -2.60. The number of piperidine rings is 1. The van der Waals surface area contributed by atoms with Gasteiger partial charge in [-0.05, 0) is 65.0 Å². The zero-order valence-corrected chi connectivity index (χ0v) is 14.4. The fraction of sp³-hybridized carbons (Fsp3) is 0.647.